The molecule has 45 heavy (non-hydrogen) atoms. The molecule has 0 rings (SSSR count). The van der Waals surface area contributed by atoms with E-state index in [0.717, 1.165) is 5.92 Å². The van der Waals surface area contributed by atoms with E-state index in [-0.39, 0.29) is 0 Å². The molecule has 0 bridgehead atoms. The van der Waals surface area contributed by atoms with Gasteiger partial charge in [-0.25, -0.2) is 0 Å². The molecule has 0 fully saturated rings. The SMILES string of the molecule is CCCCCCCCCCC(CCCCCCCC)(CCCCCCCCC)C(CCCCCCC)CCCCCCCCC. The van der Waals surface area contributed by atoms with Gasteiger partial charge in [0.2, 0.25) is 0 Å². The van der Waals surface area contributed by atoms with Crippen LogP contribution in [0.25, 0.3) is 0 Å². The van der Waals surface area contributed by atoms with Crippen molar-refractivity contribution in [2.24, 2.45) is 11.3 Å². The molecule has 0 nitrogen and oxygen atoms in total. The molecule has 0 radical (unpaired) electrons. The molecule has 0 heteroatoms. The van der Waals surface area contributed by atoms with Crippen molar-refractivity contribution in [3.8, 4) is 0 Å². The summed E-state index contributed by atoms with van der Waals surface area (Å²) in [5.41, 5.74) is 0.642. The van der Waals surface area contributed by atoms with Crippen molar-refractivity contribution in [2.75, 3.05) is 0 Å². The van der Waals surface area contributed by atoms with Crippen LogP contribution in [0, 0.1) is 11.3 Å². The van der Waals surface area contributed by atoms with E-state index in [1.165, 1.54) is 212 Å². The maximum atomic E-state index is 2.38. The van der Waals surface area contributed by atoms with E-state index in [9.17, 15) is 0 Å². The normalized spacial score (nSPS) is 13.8. The quantitative estimate of drug-likeness (QED) is 0.0591. The lowest BCUT2D eigenvalue weighted by Gasteiger charge is -2.43. The first kappa shape index (κ1) is 45.0. The third-order valence-corrected chi connectivity index (χ3v) is 11.5. The van der Waals surface area contributed by atoms with Gasteiger partial charge >= 0.3 is 0 Å². The van der Waals surface area contributed by atoms with E-state index in [2.05, 4.69) is 34.6 Å². The van der Waals surface area contributed by atoms with E-state index in [0.29, 0.717) is 5.41 Å². The fourth-order valence-corrected chi connectivity index (χ4v) is 8.39. The van der Waals surface area contributed by atoms with Gasteiger partial charge < -0.3 is 0 Å². The molecule has 0 N–H and O–H groups in total. The van der Waals surface area contributed by atoms with Gasteiger partial charge in [0.15, 0.2) is 0 Å². The van der Waals surface area contributed by atoms with Gasteiger partial charge in [-0.1, -0.05) is 247 Å². The summed E-state index contributed by atoms with van der Waals surface area (Å²) in [5.74, 6) is 0.995. The molecule has 0 aliphatic heterocycles. The summed E-state index contributed by atoms with van der Waals surface area (Å²) in [4.78, 5) is 0. The molecular formula is C45H92. The Bertz CT molecular complexity index is 522. The van der Waals surface area contributed by atoms with Gasteiger partial charge in [-0.15, -0.1) is 0 Å². The molecule has 0 aliphatic rings. The standard InChI is InChI=1S/C45H92/c1-6-11-16-21-25-28-33-38-43-45(41-36-31-24-19-14-9-4,42-37-32-27-23-18-13-8-3)44(39-34-29-20-15-10-5)40-35-30-26-22-17-12-7-2/h44H,6-43H2,1-5H3. The Morgan fingerprint density at radius 2 is 0.444 bits per heavy atom. The Hall–Kier alpha value is 0. The summed E-state index contributed by atoms with van der Waals surface area (Å²) in [5, 5.41) is 0. The third-order valence-electron chi connectivity index (χ3n) is 11.5. The van der Waals surface area contributed by atoms with E-state index >= 15 is 0 Å². The Labute approximate surface area is 289 Å². The van der Waals surface area contributed by atoms with E-state index in [4.69, 9.17) is 0 Å². The van der Waals surface area contributed by atoms with Crippen LogP contribution in [0.5, 0.6) is 0 Å². The van der Waals surface area contributed by atoms with Crippen LogP contribution in [0.3, 0.4) is 0 Å². The Kier molecular flexibility index (Phi) is 36.8. The smallest absolute Gasteiger partial charge is 0.0269 e. The highest BCUT2D eigenvalue weighted by molar-refractivity contribution is 4.87. The summed E-state index contributed by atoms with van der Waals surface area (Å²) >= 11 is 0. The van der Waals surface area contributed by atoms with Gasteiger partial charge in [0.25, 0.3) is 0 Å². The Morgan fingerprint density at radius 1 is 0.244 bits per heavy atom. The lowest BCUT2D eigenvalue weighted by molar-refractivity contribution is 0.0813. The van der Waals surface area contributed by atoms with E-state index in [1.807, 2.05) is 0 Å². The average molecular weight is 633 g/mol. The first-order chi connectivity index (χ1) is 22.2. The first-order valence-electron chi connectivity index (χ1n) is 22.2. The highest BCUT2D eigenvalue weighted by Crippen LogP contribution is 2.48. The van der Waals surface area contributed by atoms with Gasteiger partial charge in [0.05, 0.1) is 0 Å². The van der Waals surface area contributed by atoms with Crippen LogP contribution in [0.15, 0.2) is 0 Å². The van der Waals surface area contributed by atoms with Crippen LogP contribution >= 0.6 is 0 Å². The molecule has 2 unspecified atom stereocenters. The van der Waals surface area contributed by atoms with Crippen molar-refractivity contribution in [1.82, 2.24) is 0 Å². The van der Waals surface area contributed by atoms with Gasteiger partial charge in [-0.2, -0.15) is 0 Å². The minimum Gasteiger partial charge on any atom is -0.0654 e. The second-order valence-electron chi connectivity index (χ2n) is 15.8. The van der Waals surface area contributed by atoms with Crippen molar-refractivity contribution < 1.29 is 0 Å². The van der Waals surface area contributed by atoms with Crippen LogP contribution in [0.1, 0.15) is 279 Å². The summed E-state index contributed by atoms with van der Waals surface area (Å²) < 4.78 is 0. The molecule has 0 aromatic rings. The molecule has 0 heterocycles. The number of hydrogen-bond acceptors (Lipinski definition) is 0. The second-order valence-corrected chi connectivity index (χ2v) is 15.8. The fourth-order valence-electron chi connectivity index (χ4n) is 8.39. The number of rotatable bonds is 39. The maximum Gasteiger partial charge on any atom is -0.0269 e. The summed E-state index contributed by atoms with van der Waals surface area (Å²) in [7, 11) is 0. The molecule has 0 aliphatic carbocycles. The molecular weight excluding hydrogens is 540 g/mol. The zero-order chi connectivity index (χ0) is 32.9. The van der Waals surface area contributed by atoms with Crippen molar-refractivity contribution in [2.45, 2.75) is 279 Å². The van der Waals surface area contributed by atoms with Gasteiger partial charge in [-0.3, -0.25) is 0 Å². The van der Waals surface area contributed by atoms with Gasteiger partial charge in [0, 0.05) is 0 Å². The molecule has 0 saturated carbocycles. The van der Waals surface area contributed by atoms with Crippen molar-refractivity contribution in [3.63, 3.8) is 0 Å². The highest BCUT2D eigenvalue weighted by Gasteiger charge is 2.36. The lowest BCUT2D eigenvalue weighted by atomic mass is 9.62. The monoisotopic (exact) mass is 633 g/mol. The van der Waals surface area contributed by atoms with Crippen LogP contribution in [0.4, 0.5) is 0 Å². The van der Waals surface area contributed by atoms with Crippen LogP contribution < -0.4 is 0 Å². The Morgan fingerprint density at radius 3 is 0.689 bits per heavy atom. The van der Waals surface area contributed by atoms with Crippen molar-refractivity contribution in [3.05, 3.63) is 0 Å². The molecule has 272 valence electrons. The molecule has 2 atom stereocenters. The zero-order valence-electron chi connectivity index (χ0n) is 32.9. The van der Waals surface area contributed by atoms with Crippen LogP contribution in [-0.2, 0) is 0 Å². The van der Waals surface area contributed by atoms with Crippen LogP contribution in [0.2, 0.25) is 0 Å². The number of unbranched alkanes of at least 4 members (excludes halogenated alkanes) is 28. The fraction of sp³-hybridized carbons (Fsp3) is 1.00. The predicted molar refractivity (Wildman–Crippen MR) is 210 cm³/mol. The largest absolute Gasteiger partial charge is 0.0654 e. The average Bonchev–Trinajstić information content (AvgIpc) is 3.05. The Balaban J connectivity index is 5.61. The molecule has 0 saturated heterocycles. The summed E-state index contributed by atoms with van der Waals surface area (Å²) in [6.07, 6.45) is 56.1. The minimum absolute atomic E-state index is 0.642. The third kappa shape index (κ3) is 28.7. The highest BCUT2D eigenvalue weighted by atomic mass is 14.4. The van der Waals surface area contributed by atoms with Crippen molar-refractivity contribution in [1.29, 1.82) is 0 Å². The summed E-state index contributed by atoms with van der Waals surface area (Å²) in [6, 6.07) is 0. The topological polar surface area (TPSA) is 0 Å². The first-order valence-corrected chi connectivity index (χ1v) is 22.2. The lowest BCUT2D eigenvalue weighted by Crippen LogP contribution is -2.32. The minimum atomic E-state index is 0.642. The second kappa shape index (κ2) is 36.8. The molecule has 0 amide bonds. The zero-order valence-corrected chi connectivity index (χ0v) is 32.9. The summed E-state index contributed by atoms with van der Waals surface area (Å²) in [6.45, 7) is 11.8. The van der Waals surface area contributed by atoms with Gasteiger partial charge in [-0.05, 0) is 43.4 Å². The van der Waals surface area contributed by atoms with Gasteiger partial charge in [0.1, 0.15) is 0 Å². The van der Waals surface area contributed by atoms with E-state index < -0.39 is 0 Å². The van der Waals surface area contributed by atoms with E-state index in [1.54, 1.807) is 32.1 Å². The maximum absolute atomic E-state index is 2.38. The molecule has 0 aromatic heterocycles. The molecule has 0 aromatic carbocycles. The predicted octanol–water partition coefficient (Wildman–Crippen LogP) is 17.5. The molecule has 0 spiro atoms. The van der Waals surface area contributed by atoms with Crippen molar-refractivity contribution >= 4 is 0 Å². The van der Waals surface area contributed by atoms with Crippen LogP contribution in [-0.4, -0.2) is 0 Å². The number of hydrogen-bond donors (Lipinski definition) is 0.